The van der Waals surface area contributed by atoms with Gasteiger partial charge in [-0.1, -0.05) is 20.8 Å². The Bertz CT molecular complexity index is 697. The lowest BCUT2D eigenvalue weighted by atomic mass is 9.93. The second kappa shape index (κ2) is 9.61. The number of fused-ring (bicyclic) bond motifs is 1. The molecule has 0 unspecified atom stereocenters. The van der Waals surface area contributed by atoms with Crippen LogP contribution in [0.5, 0.6) is 5.75 Å². The number of amides is 2. The van der Waals surface area contributed by atoms with E-state index in [9.17, 15) is 9.59 Å². The van der Waals surface area contributed by atoms with Crippen LogP contribution in [0.15, 0.2) is 18.2 Å². The van der Waals surface area contributed by atoms with E-state index in [0.29, 0.717) is 36.9 Å². The summed E-state index contributed by atoms with van der Waals surface area (Å²) in [5.74, 6) is 1.40. The van der Waals surface area contributed by atoms with E-state index in [4.69, 9.17) is 4.74 Å². The van der Waals surface area contributed by atoms with Crippen molar-refractivity contribution in [3.8, 4) is 5.75 Å². The Kier molecular flexibility index (Phi) is 7.72. The Hall–Kier alpha value is -1.79. The summed E-state index contributed by atoms with van der Waals surface area (Å²) in [6.07, 6.45) is 3.75. The van der Waals surface area contributed by atoms with E-state index >= 15 is 0 Å². The summed E-state index contributed by atoms with van der Waals surface area (Å²) in [5, 5.41) is 6.33. The smallest absolute Gasteiger partial charge is 0.232 e. The molecule has 2 aliphatic rings. The predicted octanol–water partition coefficient (Wildman–Crippen LogP) is 3.60. The summed E-state index contributed by atoms with van der Waals surface area (Å²) in [4.78, 5) is 26.9. The lowest BCUT2D eigenvalue weighted by molar-refractivity contribution is -0.126. The van der Waals surface area contributed by atoms with Gasteiger partial charge in [0.05, 0.1) is 12.2 Å². The topological polar surface area (TPSA) is 70.7 Å². The van der Waals surface area contributed by atoms with Crippen LogP contribution in [-0.4, -0.2) is 38.1 Å². The van der Waals surface area contributed by atoms with Crippen LogP contribution in [0.2, 0.25) is 0 Å². The van der Waals surface area contributed by atoms with E-state index in [1.165, 1.54) is 0 Å². The number of carbonyl (C=O) groups is 2. The lowest BCUT2D eigenvalue weighted by Crippen LogP contribution is -2.44. The van der Waals surface area contributed by atoms with E-state index in [-0.39, 0.29) is 24.2 Å². The third-order valence-corrected chi connectivity index (χ3v) is 5.23. The van der Waals surface area contributed by atoms with E-state index in [1.807, 2.05) is 39.0 Å². The standard InChI is InChI=1S/C21H31N3O3.ClH/c1-21(2,3)20(26)24-12-13-27-18-6-5-16(14-17(18)24)23-19(25)7-4-15-8-10-22-11-9-15;/h5-6,14-15,22H,4,7-13H2,1-3H3,(H,23,25);1H. The van der Waals surface area contributed by atoms with Crippen molar-refractivity contribution in [1.82, 2.24) is 5.32 Å². The minimum absolute atomic E-state index is 0. The fraction of sp³-hybridized carbons (Fsp3) is 0.619. The molecule has 0 saturated carbocycles. The molecular formula is C21H32ClN3O3. The van der Waals surface area contributed by atoms with Gasteiger partial charge in [-0.2, -0.15) is 0 Å². The molecule has 1 aromatic carbocycles. The predicted molar refractivity (Wildman–Crippen MR) is 114 cm³/mol. The number of benzene rings is 1. The molecule has 2 amide bonds. The van der Waals surface area contributed by atoms with Crippen molar-refractivity contribution in [2.24, 2.45) is 11.3 Å². The lowest BCUT2D eigenvalue weighted by Gasteiger charge is -2.34. The number of nitrogens with one attached hydrogen (secondary N) is 2. The Morgan fingerprint density at radius 3 is 2.64 bits per heavy atom. The Morgan fingerprint density at radius 1 is 1.25 bits per heavy atom. The normalized spacial score (nSPS) is 17.2. The molecule has 2 aliphatic heterocycles. The molecule has 1 aromatic rings. The molecular weight excluding hydrogens is 378 g/mol. The van der Waals surface area contributed by atoms with Crippen molar-refractivity contribution < 1.29 is 14.3 Å². The van der Waals surface area contributed by atoms with Gasteiger partial charge in [-0.05, 0) is 56.5 Å². The number of rotatable bonds is 4. The van der Waals surface area contributed by atoms with Crippen LogP contribution in [0.4, 0.5) is 11.4 Å². The second-order valence-corrected chi connectivity index (χ2v) is 8.52. The molecule has 2 N–H and O–H groups in total. The van der Waals surface area contributed by atoms with Crippen LogP contribution in [0.1, 0.15) is 46.5 Å². The Balaban J connectivity index is 0.00000280. The van der Waals surface area contributed by atoms with Crippen molar-refractivity contribution in [2.75, 3.05) is 36.5 Å². The summed E-state index contributed by atoms with van der Waals surface area (Å²) in [5.41, 5.74) is 0.974. The molecule has 0 aliphatic carbocycles. The summed E-state index contributed by atoms with van der Waals surface area (Å²) in [6, 6.07) is 5.52. The van der Waals surface area contributed by atoms with Crippen molar-refractivity contribution in [1.29, 1.82) is 0 Å². The van der Waals surface area contributed by atoms with Gasteiger partial charge in [-0.15, -0.1) is 12.4 Å². The first-order valence-corrected chi connectivity index (χ1v) is 9.94. The van der Waals surface area contributed by atoms with Crippen LogP contribution in [0.25, 0.3) is 0 Å². The molecule has 3 rings (SSSR count). The van der Waals surface area contributed by atoms with Gasteiger partial charge in [0.1, 0.15) is 12.4 Å². The molecule has 0 bridgehead atoms. The SMILES string of the molecule is CC(C)(C)C(=O)N1CCOc2ccc(NC(=O)CCC3CCNCC3)cc21.Cl. The first kappa shape index (κ1) is 22.5. The summed E-state index contributed by atoms with van der Waals surface area (Å²) < 4.78 is 5.69. The fourth-order valence-corrected chi connectivity index (χ4v) is 3.64. The Labute approximate surface area is 173 Å². The maximum Gasteiger partial charge on any atom is 0.232 e. The van der Waals surface area contributed by atoms with E-state index in [2.05, 4.69) is 10.6 Å². The number of hydrogen-bond donors (Lipinski definition) is 2. The number of nitrogens with zero attached hydrogens (tertiary/aromatic N) is 1. The van der Waals surface area contributed by atoms with Crippen molar-refractivity contribution in [3.63, 3.8) is 0 Å². The number of carbonyl (C=O) groups excluding carboxylic acids is 2. The van der Waals surface area contributed by atoms with Crippen LogP contribution >= 0.6 is 12.4 Å². The van der Waals surface area contributed by atoms with Gasteiger partial charge in [0.15, 0.2) is 0 Å². The Morgan fingerprint density at radius 2 is 1.96 bits per heavy atom. The zero-order valence-corrected chi connectivity index (χ0v) is 17.9. The minimum atomic E-state index is -0.470. The second-order valence-electron chi connectivity index (χ2n) is 8.52. The van der Waals surface area contributed by atoms with Crippen molar-refractivity contribution in [3.05, 3.63) is 18.2 Å². The molecule has 2 heterocycles. The van der Waals surface area contributed by atoms with E-state index in [1.54, 1.807) is 4.90 Å². The zero-order chi connectivity index (χ0) is 19.4. The highest BCUT2D eigenvalue weighted by atomic mass is 35.5. The molecule has 156 valence electrons. The fourth-order valence-electron chi connectivity index (χ4n) is 3.64. The van der Waals surface area contributed by atoms with Gasteiger partial charge >= 0.3 is 0 Å². The highest BCUT2D eigenvalue weighted by Crippen LogP contribution is 2.36. The molecule has 1 saturated heterocycles. The highest BCUT2D eigenvalue weighted by Gasteiger charge is 2.32. The molecule has 6 nitrogen and oxygen atoms in total. The van der Waals surface area contributed by atoms with E-state index < -0.39 is 5.41 Å². The summed E-state index contributed by atoms with van der Waals surface area (Å²) in [6.45, 7) is 8.85. The number of piperidine rings is 1. The molecule has 28 heavy (non-hydrogen) atoms. The summed E-state index contributed by atoms with van der Waals surface area (Å²) >= 11 is 0. The van der Waals surface area contributed by atoms with Gasteiger partial charge in [0.25, 0.3) is 0 Å². The minimum Gasteiger partial charge on any atom is -0.490 e. The van der Waals surface area contributed by atoms with Gasteiger partial charge in [-0.25, -0.2) is 0 Å². The van der Waals surface area contributed by atoms with Crippen molar-refractivity contribution in [2.45, 2.75) is 46.5 Å². The number of ether oxygens (including phenoxy) is 1. The third kappa shape index (κ3) is 5.61. The first-order chi connectivity index (χ1) is 12.8. The van der Waals surface area contributed by atoms with Crippen LogP contribution in [0, 0.1) is 11.3 Å². The maximum atomic E-state index is 12.8. The molecule has 0 atom stereocenters. The molecule has 1 fully saturated rings. The van der Waals surface area contributed by atoms with Gasteiger partial charge in [0, 0.05) is 17.5 Å². The average Bonchev–Trinajstić information content (AvgIpc) is 2.65. The number of halogens is 1. The molecule has 0 radical (unpaired) electrons. The molecule has 0 aromatic heterocycles. The van der Waals surface area contributed by atoms with E-state index in [0.717, 1.165) is 38.0 Å². The number of hydrogen-bond acceptors (Lipinski definition) is 4. The van der Waals surface area contributed by atoms with Crippen LogP contribution < -0.4 is 20.3 Å². The van der Waals surface area contributed by atoms with Crippen molar-refractivity contribution >= 4 is 35.6 Å². The quantitative estimate of drug-likeness (QED) is 0.797. The largest absolute Gasteiger partial charge is 0.490 e. The monoisotopic (exact) mass is 409 g/mol. The zero-order valence-electron chi connectivity index (χ0n) is 17.0. The van der Waals surface area contributed by atoms with Gasteiger partial charge in [0.2, 0.25) is 11.8 Å². The van der Waals surface area contributed by atoms with Gasteiger partial charge in [-0.3, -0.25) is 9.59 Å². The highest BCUT2D eigenvalue weighted by molar-refractivity contribution is 6.00. The molecule has 7 heteroatoms. The maximum absolute atomic E-state index is 12.8. The van der Waals surface area contributed by atoms with Gasteiger partial charge < -0.3 is 20.3 Å². The summed E-state index contributed by atoms with van der Waals surface area (Å²) in [7, 11) is 0. The average molecular weight is 410 g/mol. The molecule has 0 spiro atoms. The van der Waals surface area contributed by atoms with Crippen LogP contribution in [-0.2, 0) is 9.59 Å². The first-order valence-electron chi connectivity index (χ1n) is 9.94. The third-order valence-electron chi connectivity index (χ3n) is 5.23. The van der Waals surface area contributed by atoms with Crippen LogP contribution in [0.3, 0.4) is 0 Å². The number of anilines is 2.